The number of ether oxygens (including phenoxy) is 2. The minimum atomic E-state index is -1.18. The third-order valence-corrected chi connectivity index (χ3v) is 12.9. The van der Waals surface area contributed by atoms with E-state index in [0.717, 1.165) is 28.7 Å². The van der Waals surface area contributed by atoms with E-state index in [2.05, 4.69) is 36.4 Å². The lowest BCUT2D eigenvalue weighted by atomic mass is 9.90. The number of carboxylic acids is 1. The number of carboxylic acid groups (broad SMARTS) is 1. The van der Waals surface area contributed by atoms with Gasteiger partial charge in [0.1, 0.15) is 12.1 Å². The molecule has 4 rings (SSSR count). The maximum absolute atomic E-state index is 14.2. The summed E-state index contributed by atoms with van der Waals surface area (Å²) < 4.78 is 11.8. The third-order valence-electron chi connectivity index (χ3n) is 12.9. The molecule has 2 aliphatic rings. The van der Waals surface area contributed by atoms with E-state index < -0.39 is 102 Å². The number of rotatable bonds is 24. The molecule has 8 amide bonds. The Hall–Kier alpha value is -6.73. The molecule has 4 N–H and O–H groups in total. The van der Waals surface area contributed by atoms with Crippen LogP contribution >= 0.6 is 0 Å². The molecule has 19 heteroatoms. The number of aliphatic carboxylic acids is 1. The number of carbonyl (C=O) groups is 9. The Balaban J connectivity index is 0.00000445. The molecule has 0 aromatic heterocycles. The number of nitrogens with one attached hydrogen (secondary N) is 3. The van der Waals surface area contributed by atoms with Gasteiger partial charge in [0.05, 0.1) is 48.9 Å². The molecule has 2 heterocycles. The molecule has 0 aliphatic carbocycles. The molecule has 0 radical (unpaired) electrons. The van der Waals surface area contributed by atoms with Crippen LogP contribution in [0.1, 0.15) is 96.5 Å². The summed E-state index contributed by atoms with van der Waals surface area (Å²) in [5.74, 6) is -7.17. The van der Waals surface area contributed by atoms with E-state index in [0.29, 0.717) is 25.8 Å². The predicted molar refractivity (Wildman–Crippen MR) is 272 cm³/mol. The highest BCUT2D eigenvalue weighted by Crippen LogP contribution is 2.30. The summed E-state index contributed by atoms with van der Waals surface area (Å²) in [6, 6.07) is 9.53. The van der Waals surface area contributed by atoms with Crippen LogP contribution in [0.15, 0.2) is 73.3 Å². The second-order valence-electron chi connectivity index (χ2n) is 18.6. The summed E-state index contributed by atoms with van der Waals surface area (Å²) in [6.07, 6.45) is 4.60. The standard InChI is InChI=1S/C50H67N7O12.C3H8/c1-11-30(5)45(38(68-9)27-42(61)56-22-16-19-37(56)46(69-10)31(6)47(63)53-36(50(66)67)23-32-17-14-13-15-18-32)54(7)43(62)28-51-48(64)44(29(3)4)55(8)49(65)33-24-34(52-39(58)12-2)26-35(25-33)57-40(59)20-21-41(57)60;1-3-2/h12-15,17-18,20-21,24-26,29-31,36-38,44-46H,2,11,16,19,22-23,27-28H2,1,3-10H3,(H,51,64)(H,52,58)(H,53,63)(H,66,67);3H2,1-2H3. The maximum Gasteiger partial charge on any atom is 0.326 e. The Labute approximate surface area is 423 Å². The molecule has 8 unspecified atom stereocenters. The number of methoxy groups -OCH3 is 2. The summed E-state index contributed by atoms with van der Waals surface area (Å²) >= 11 is 0. The van der Waals surface area contributed by atoms with Crippen LogP contribution in [0.4, 0.5) is 11.4 Å². The fourth-order valence-electron chi connectivity index (χ4n) is 9.11. The van der Waals surface area contributed by atoms with Crippen LogP contribution in [0.5, 0.6) is 0 Å². The molecule has 2 aromatic rings. The van der Waals surface area contributed by atoms with Crippen molar-refractivity contribution < 1.29 is 57.7 Å². The highest BCUT2D eigenvalue weighted by Gasteiger charge is 2.43. The van der Waals surface area contributed by atoms with Crippen molar-refractivity contribution in [3.63, 3.8) is 0 Å². The normalized spacial score (nSPS) is 17.1. The number of likely N-dealkylation sites (tertiary alicyclic amines) is 1. The van der Waals surface area contributed by atoms with Gasteiger partial charge in [-0.05, 0) is 54.5 Å². The van der Waals surface area contributed by atoms with Gasteiger partial charge in [0.15, 0.2) is 0 Å². The Morgan fingerprint density at radius 1 is 0.889 bits per heavy atom. The van der Waals surface area contributed by atoms with Crippen LogP contribution in [-0.2, 0) is 54.3 Å². The Morgan fingerprint density at radius 3 is 2.06 bits per heavy atom. The van der Waals surface area contributed by atoms with E-state index in [9.17, 15) is 48.3 Å². The molecule has 2 aromatic carbocycles. The van der Waals surface area contributed by atoms with Crippen LogP contribution in [-0.4, -0.2) is 151 Å². The number of hydrogen-bond donors (Lipinski definition) is 4. The zero-order valence-corrected chi connectivity index (χ0v) is 43.6. The molecule has 19 nitrogen and oxygen atoms in total. The van der Waals surface area contributed by atoms with Gasteiger partial charge < -0.3 is 45.2 Å². The first-order chi connectivity index (χ1) is 34.1. The van der Waals surface area contributed by atoms with Gasteiger partial charge in [0.2, 0.25) is 29.5 Å². The van der Waals surface area contributed by atoms with Crippen LogP contribution in [0.2, 0.25) is 0 Å². The van der Waals surface area contributed by atoms with E-state index >= 15 is 0 Å². The minimum absolute atomic E-state index is 0.0146. The fraction of sp³-hybridized carbons (Fsp3) is 0.528. The number of likely N-dealkylation sites (N-methyl/N-ethyl adjacent to an activating group) is 2. The van der Waals surface area contributed by atoms with Crippen molar-refractivity contribution in [2.24, 2.45) is 17.8 Å². The highest BCUT2D eigenvalue weighted by atomic mass is 16.5. The summed E-state index contributed by atoms with van der Waals surface area (Å²) in [5, 5.41) is 17.8. The lowest BCUT2D eigenvalue weighted by molar-refractivity contribution is -0.147. The number of hydrogen-bond acceptors (Lipinski definition) is 11. The summed E-state index contributed by atoms with van der Waals surface area (Å²) in [4.78, 5) is 124. The number of anilines is 2. The summed E-state index contributed by atoms with van der Waals surface area (Å²) in [6.45, 7) is 16.6. The Morgan fingerprint density at radius 2 is 1.51 bits per heavy atom. The SMILES string of the molecule is C=CC(=O)Nc1cc(C(=O)N(C)C(C(=O)NCC(=O)N(C)C(C(C)CC)C(CC(=O)N2CCCC2C(OC)C(C)C(=O)NC(Cc2ccccc2)C(=O)O)OC)C(C)C)cc(N2C(=O)C=CC2=O)c1.CCC. The average Bonchev–Trinajstić information content (AvgIpc) is 3.98. The lowest BCUT2D eigenvalue weighted by Crippen LogP contribution is -2.56. The van der Waals surface area contributed by atoms with E-state index in [-0.39, 0.29) is 41.6 Å². The Bertz CT molecular complexity index is 2270. The monoisotopic (exact) mass is 1000 g/mol. The van der Waals surface area contributed by atoms with E-state index in [1.54, 1.807) is 57.0 Å². The van der Waals surface area contributed by atoms with Gasteiger partial charge in [0.25, 0.3) is 17.7 Å². The maximum atomic E-state index is 14.2. The zero-order valence-electron chi connectivity index (χ0n) is 43.6. The van der Waals surface area contributed by atoms with Crippen molar-refractivity contribution in [2.75, 3.05) is 51.6 Å². The van der Waals surface area contributed by atoms with Gasteiger partial charge in [-0.25, -0.2) is 9.69 Å². The number of amides is 8. The van der Waals surface area contributed by atoms with E-state index in [4.69, 9.17) is 9.47 Å². The summed E-state index contributed by atoms with van der Waals surface area (Å²) in [7, 11) is 5.88. The third kappa shape index (κ3) is 15.6. The second-order valence-corrected chi connectivity index (χ2v) is 18.6. The first kappa shape index (κ1) is 59.6. The molecule has 2 aliphatic heterocycles. The number of benzene rings is 2. The molecule has 394 valence electrons. The summed E-state index contributed by atoms with van der Waals surface area (Å²) in [5.41, 5.74) is 0.805. The van der Waals surface area contributed by atoms with Gasteiger partial charge in [-0.15, -0.1) is 0 Å². The Kier molecular flexibility index (Phi) is 23.5. The van der Waals surface area contributed by atoms with Gasteiger partial charge >= 0.3 is 5.97 Å². The topological polar surface area (TPSA) is 241 Å². The van der Waals surface area contributed by atoms with Crippen LogP contribution < -0.4 is 20.9 Å². The van der Waals surface area contributed by atoms with Gasteiger partial charge in [0, 0.05) is 64.7 Å². The van der Waals surface area contributed by atoms with Crippen LogP contribution in [0.25, 0.3) is 0 Å². The number of imide groups is 1. The molecule has 1 fully saturated rings. The van der Waals surface area contributed by atoms with Crippen LogP contribution in [0.3, 0.4) is 0 Å². The molecule has 72 heavy (non-hydrogen) atoms. The van der Waals surface area contributed by atoms with Crippen molar-refractivity contribution >= 4 is 64.6 Å². The molecule has 0 bridgehead atoms. The van der Waals surface area contributed by atoms with Crippen LogP contribution in [0, 0.1) is 17.8 Å². The second kappa shape index (κ2) is 28.3. The van der Waals surface area contributed by atoms with Crippen molar-refractivity contribution in [2.45, 2.75) is 123 Å². The van der Waals surface area contributed by atoms with E-state index in [1.165, 1.54) is 55.7 Å². The van der Waals surface area contributed by atoms with Gasteiger partial charge in [-0.2, -0.15) is 0 Å². The van der Waals surface area contributed by atoms with Gasteiger partial charge in [-0.1, -0.05) is 98.2 Å². The first-order valence-electron chi connectivity index (χ1n) is 24.5. The number of nitrogens with zero attached hydrogens (tertiary/aromatic N) is 4. The molecular formula is C53H75N7O12. The molecular weight excluding hydrogens is 927 g/mol. The van der Waals surface area contributed by atoms with Crippen molar-refractivity contribution in [1.82, 2.24) is 25.3 Å². The van der Waals surface area contributed by atoms with Gasteiger partial charge in [-0.3, -0.25) is 38.4 Å². The predicted octanol–water partition coefficient (Wildman–Crippen LogP) is 4.60. The highest BCUT2D eigenvalue weighted by molar-refractivity contribution is 6.28. The molecule has 1 saturated heterocycles. The van der Waals surface area contributed by atoms with Crippen molar-refractivity contribution in [3.05, 3.63) is 84.5 Å². The zero-order chi connectivity index (χ0) is 54.0. The first-order valence-corrected chi connectivity index (χ1v) is 24.5. The average molecular weight is 1000 g/mol. The molecule has 0 saturated carbocycles. The smallest absolute Gasteiger partial charge is 0.326 e. The lowest BCUT2D eigenvalue weighted by Gasteiger charge is -2.39. The minimum Gasteiger partial charge on any atom is -0.480 e. The van der Waals surface area contributed by atoms with E-state index in [1.807, 2.05) is 19.9 Å². The largest absolute Gasteiger partial charge is 0.480 e. The molecule has 8 atom stereocenters. The quantitative estimate of drug-likeness (QED) is 0.0834. The van der Waals surface area contributed by atoms with Crippen molar-refractivity contribution in [3.8, 4) is 0 Å². The molecule has 0 spiro atoms. The number of carbonyl (C=O) groups excluding carboxylic acids is 8. The fourth-order valence-corrected chi connectivity index (χ4v) is 9.11. The van der Waals surface area contributed by atoms with Crippen molar-refractivity contribution in [1.29, 1.82) is 0 Å².